The molecule has 0 radical (unpaired) electrons. The van der Waals surface area contributed by atoms with Crippen LogP contribution in [0.2, 0.25) is 0 Å². The topological polar surface area (TPSA) is 139 Å². The Hall–Kier alpha value is -1.18. The third-order valence-electron chi connectivity index (χ3n) is 6.60. The molecule has 0 bridgehead atoms. The first-order chi connectivity index (χ1) is 14.0. The zero-order valence-corrected chi connectivity index (χ0v) is 18.7. The van der Waals surface area contributed by atoms with Crippen molar-refractivity contribution in [2.45, 2.75) is 68.0 Å². The Morgan fingerprint density at radius 1 is 1.40 bits per heavy atom. The van der Waals surface area contributed by atoms with E-state index in [0.717, 1.165) is 6.42 Å². The van der Waals surface area contributed by atoms with Crippen molar-refractivity contribution in [3.8, 4) is 0 Å². The molecule has 1 amide bonds. The summed E-state index contributed by atoms with van der Waals surface area (Å²) < 4.78 is 27.6. The Morgan fingerprint density at radius 3 is 2.70 bits per heavy atom. The predicted octanol–water partition coefficient (Wildman–Crippen LogP) is -0.715. The highest BCUT2D eigenvalue weighted by molar-refractivity contribution is 8.02. The van der Waals surface area contributed by atoms with Gasteiger partial charge in [0.25, 0.3) is 10.2 Å². The monoisotopic (exact) mass is 460 g/mol. The molecule has 3 fully saturated rings. The Kier molecular flexibility index (Phi) is 5.47. The molecule has 4 aliphatic heterocycles. The number of carboxylic acids is 1. The minimum absolute atomic E-state index is 0.0321. The highest BCUT2D eigenvalue weighted by Crippen LogP contribution is 2.55. The van der Waals surface area contributed by atoms with Crippen LogP contribution < -0.4 is 10.0 Å². The number of nitrogens with one attached hydrogen (secondary N) is 2. The number of aliphatic hydroxyl groups is 1. The molecule has 0 aromatic carbocycles. The summed E-state index contributed by atoms with van der Waals surface area (Å²) in [5.74, 6) is -1.75. The van der Waals surface area contributed by atoms with Gasteiger partial charge in [-0.2, -0.15) is 12.7 Å². The van der Waals surface area contributed by atoms with Gasteiger partial charge < -0.3 is 10.2 Å². The van der Waals surface area contributed by atoms with Crippen molar-refractivity contribution in [3.05, 3.63) is 11.8 Å². The molecule has 0 aromatic heterocycles. The van der Waals surface area contributed by atoms with Crippen LogP contribution in [0.1, 0.15) is 33.6 Å². The molecule has 168 valence electrons. The second-order valence-electron chi connectivity index (χ2n) is 8.53. The van der Waals surface area contributed by atoms with Crippen molar-refractivity contribution >= 4 is 33.8 Å². The average Bonchev–Trinajstić information content (AvgIpc) is 3.16. The van der Waals surface area contributed by atoms with E-state index in [4.69, 9.17) is 0 Å². The van der Waals surface area contributed by atoms with E-state index < -0.39 is 39.0 Å². The molecule has 12 heteroatoms. The Morgan fingerprint density at radius 2 is 2.10 bits per heavy atom. The second-order valence-corrected chi connectivity index (χ2v) is 11.8. The van der Waals surface area contributed by atoms with Crippen molar-refractivity contribution in [1.82, 2.24) is 19.2 Å². The van der Waals surface area contributed by atoms with Gasteiger partial charge in [0.2, 0.25) is 5.91 Å². The number of carbonyl (C=O) groups is 2. The van der Waals surface area contributed by atoms with Crippen LogP contribution in [0.25, 0.3) is 0 Å². The molecule has 4 rings (SSSR count). The number of carboxylic acid groups (broad SMARTS) is 1. The number of hydrogen-bond donors (Lipinski definition) is 4. The van der Waals surface area contributed by atoms with Gasteiger partial charge in [-0.1, -0.05) is 6.92 Å². The maximum atomic E-state index is 13.2. The number of thioether (sulfide) groups is 1. The number of amides is 1. The van der Waals surface area contributed by atoms with E-state index in [9.17, 15) is 28.2 Å². The number of rotatable bonds is 5. The molecule has 0 aliphatic carbocycles. The third-order valence-corrected chi connectivity index (χ3v) is 10.3. The summed E-state index contributed by atoms with van der Waals surface area (Å²) in [5, 5.41) is 23.3. The van der Waals surface area contributed by atoms with Crippen molar-refractivity contribution in [1.29, 1.82) is 0 Å². The maximum absolute atomic E-state index is 13.2. The molecule has 3 saturated heterocycles. The Balaban J connectivity index is 1.55. The van der Waals surface area contributed by atoms with E-state index in [2.05, 4.69) is 10.0 Å². The molecule has 7 atom stereocenters. The second kappa shape index (κ2) is 7.45. The summed E-state index contributed by atoms with van der Waals surface area (Å²) in [5.41, 5.74) is -0.0321. The lowest BCUT2D eigenvalue weighted by atomic mass is 9.78. The van der Waals surface area contributed by atoms with Crippen molar-refractivity contribution < 1.29 is 28.2 Å². The standard InChI is InChI=1S/C18H28N4O6S2/c1-9-7-12(16(24)25)22-15(9)18(11(3)23,17(22)26)29-13-8-14(20-10(13)2)21-6-4-5-19-30(21,27)28/h7,9-11,13-15,19-20,23H,4-6,8H2,1-3H3,(H,24,25)/t9-,10?,11?,13+,14?,15+,18-/m1/s1. The molecule has 4 heterocycles. The summed E-state index contributed by atoms with van der Waals surface area (Å²) in [4.78, 5) is 26.0. The minimum atomic E-state index is -3.54. The van der Waals surface area contributed by atoms with Gasteiger partial charge in [-0.25, -0.2) is 9.52 Å². The van der Waals surface area contributed by atoms with E-state index in [0.29, 0.717) is 19.5 Å². The quantitative estimate of drug-likeness (QED) is 0.395. The number of aliphatic carboxylic acids is 1. The first-order valence-electron chi connectivity index (χ1n) is 10.2. The fourth-order valence-electron chi connectivity index (χ4n) is 5.16. The van der Waals surface area contributed by atoms with Gasteiger partial charge in [0, 0.05) is 24.4 Å². The number of fused-ring (bicyclic) bond motifs is 1. The maximum Gasteiger partial charge on any atom is 0.352 e. The summed E-state index contributed by atoms with van der Waals surface area (Å²) in [6.07, 6.45) is 1.42. The van der Waals surface area contributed by atoms with Crippen molar-refractivity contribution in [2.75, 3.05) is 13.1 Å². The fourth-order valence-corrected chi connectivity index (χ4v) is 8.49. The number of carbonyl (C=O) groups excluding carboxylic acids is 1. The zero-order valence-electron chi connectivity index (χ0n) is 17.1. The molecule has 4 N–H and O–H groups in total. The van der Waals surface area contributed by atoms with Gasteiger partial charge >= 0.3 is 5.97 Å². The summed E-state index contributed by atoms with van der Waals surface area (Å²) in [6, 6.07) is -0.522. The summed E-state index contributed by atoms with van der Waals surface area (Å²) in [6.45, 7) is 6.21. The fraction of sp³-hybridized carbons (Fsp3) is 0.778. The first kappa shape index (κ1) is 22.0. The predicted molar refractivity (Wildman–Crippen MR) is 111 cm³/mol. The highest BCUT2D eigenvalue weighted by Gasteiger charge is 2.69. The van der Waals surface area contributed by atoms with Crippen LogP contribution in [0.3, 0.4) is 0 Å². The van der Waals surface area contributed by atoms with Gasteiger partial charge in [0.1, 0.15) is 10.4 Å². The van der Waals surface area contributed by atoms with Crippen LogP contribution in [-0.2, 0) is 19.8 Å². The lowest BCUT2D eigenvalue weighted by Crippen LogP contribution is -2.76. The van der Waals surface area contributed by atoms with Gasteiger partial charge in [-0.05, 0) is 38.7 Å². The van der Waals surface area contributed by atoms with E-state index >= 15 is 0 Å². The van der Waals surface area contributed by atoms with E-state index in [1.807, 2.05) is 13.8 Å². The van der Waals surface area contributed by atoms with Crippen molar-refractivity contribution in [2.24, 2.45) is 5.92 Å². The number of aliphatic hydroxyl groups excluding tert-OH is 1. The van der Waals surface area contributed by atoms with Crippen LogP contribution in [0.4, 0.5) is 0 Å². The molecule has 0 aromatic rings. The molecule has 30 heavy (non-hydrogen) atoms. The lowest BCUT2D eigenvalue weighted by molar-refractivity contribution is -0.158. The summed E-state index contributed by atoms with van der Waals surface area (Å²) in [7, 11) is -3.54. The normalized spacial score (nSPS) is 41.9. The first-order valence-corrected chi connectivity index (χ1v) is 12.5. The number of β-lactam (4-membered cyclic amide) rings is 1. The SMILES string of the molecule is CC1NC(N2CCCNS2(=O)=O)C[C@@H]1S[C@@]1(C(C)O)C(=O)N2C(C(=O)O)=C[C@@H](C)[C@H]21. The molecule has 0 saturated carbocycles. The smallest absolute Gasteiger partial charge is 0.352 e. The van der Waals surface area contributed by atoms with Gasteiger partial charge in [0.15, 0.2) is 0 Å². The van der Waals surface area contributed by atoms with E-state index in [1.54, 1.807) is 13.0 Å². The number of nitrogens with zero attached hydrogens (tertiary/aromatic N) is 2. The third kappa shape index (κ3) is 3.11. The van der Waals surface area contributed by atoms with Gasteiger partial charge in [-0.15, -0.1) is 11.8 Å². The molecule has 3 unspecified atom stereocenters. The molecule has 10 nitrogen and oxygen atoms in total. The van der Waals surface area contributed by atoms with Gasteiger partial charge in [0.05, 0.1) is 18.3 Å². The lowest BCUT2D eigenvalue weighted by Gasteiger charge is -2.56. The highest BCUT2D eigenvalue weighted by atomic mass is 32.2. The van der Waals surface area contributed by atoms with Crippen LogP contribution in [-0.4, -0.2) is 87.2 Å². The van der Waals surface area contributed by atoms with E-state index in [-0.39, 0.29) is 29.1 Å². The average molecular weight is 461 g/mol. The Bertz CT molecular complexity index is 893. The van der Waals surface area contributed by atoms with Crippen LogP contribution in [0.5, 0.6) is 0 Å². The molecule has 4 aliphatic rings. The molecular weight excluding hydrogens is 432 g/mol. The number of hydrogen-bond acceptors (Lipinski definition) is 7. The van der Waals surface area contributed by atoms with Crippen LogP contribution in [0.15, 0.2) is 11.8 Å². The molecular formula is C18H28N4O6S2. The minimum Gasteiger partial charge on any atom is -0.477 e. The zero-order chi connectivity index (χ0) is 22.0. The summed E-state index contributed by atoms with van der Waals surface area (Å²) >= 11 is 1.36. The van der Waals surface area contributed by atoms with Gasteiger partial charge in [-0.3, -0.25) is 15.0 Å². The van der Waals surface area contributed by atoms with Crippen molar-refractivity contribution in [3.63, 3.8) is 0 Å². The molecule has 0 spiro atoms. The Labute approximate surface area is 180 Å². The van der Waals surface area contributed by atoms with Crippen LogP contribution in [0, 0.1) is 5.92 Å². The largest absolute Gasteiger partial charge is 0.477 e. The van der Waals surface area contributed by atoms with Crippen LogP contribution >= 0.6 is 11.8 Å². The van der Waals surface area contributed by atoms with E-state index in [1.165, 1.54) is 21.0 Å².